The Hall–Kier alpha value is -2.84. The third kappa shape index (κ3) is 3.24. The number of aryl methyl sites for hydroxylation is 1. The largest absolute Gasteiger partial charge is 0.744 e. The first-order valence-electron chi connectivity index (χ1n) is 7.00. The molecule has 3 aromatic rings. The lowest BCUT2D eigenvalue weighted by atomic mass is 10.3. The van der Waals surface area contributed by atoms with Crippen molar-refractivity contribution >= 4 is 15.9 Å². The summed E-state index contributed by atoms with van der Waals surface area (Å²) >= 11 is 0. The molecule has 0 saturated heterocycles. The molecule has 0 spiro atoms. The summed E-state index contributed by atoms with van der Waals surface area (Å²) in [5.74, 6) is 0.977. The van der Waals surface area contributed by atoms with Crippen LogP contribution in [0.3, 0.4) is 0 Å². The predicted octanol–water partition coefficient (Wildman–Crippen LogP) is 2.46. The fourth-order valence-electron chi connectivity index (χ4n) is 2.27. The lowest BCUT2D eigenvalue weighted by molar-refractivity contribution is 0.457. The zero-order chi connectivity index (χ0) is 17.3. The van der Waals surface area contributed by atoms with Gasteiger partial charge in [-0.05, 0) is 31.2 Å². The second-order valence-corrected chi connectivity index (χ2v) is 6.47. The van der Waals surface area contributed by atoms with Gasteiger partial charge in [-0.25, -0.2) is 13.1 Å². The standard InChI is InChI=1S/C16H15N3O4S/c1-11-9-16(17)19(18-11)14-8-7-13(10-15(14)24(20,21)22)23-12-5-3-2-4-6-12/h2-10H,17H2,1H3,(H,20,21,22)/p-1. The molecule has 0 radical (unpaired) electrons. The van der Waals surface area contributed by atoms with E-state index < -0.39 is 15.0 Å². The van der Waals surface area contributed by atoms with E-state index in [9.17, 15) is 13.0 Å². The van der Waals surface area contributed by atoms with Gasteiger partial charge < -0.3 is 15.0 Å². The minimum Gasteiger partial charge on any atom is -0.744 e. The Morgan fingerprint density at radius 3 is 2.38 bits per heavy atom. The number of hydrogen-bond donors (Lipinski definition) is 1. The Labute approximate surface area is 139 Å². The van der Waals surface area contributed by atoms with Crippen LogP contribution in [0.15, 0.2) is 59.5 Å². The molecule has 1 heterocycles. The van der Waals surface area contributed by atoms with Crippen molar-refractivity contribution in [3.8, 4) is 17.2 Å². The number of ether oxygens (including phenoxy) is 1. The van der Waals surface area contributed by atoms with Gasteiger partial charge in [0, 0.05) is 12.1 Å². The first kappa shape index (κ1) is 16.0. The molecule has 0 unspecified atom stereocenters. The molecule has 0 amide bonds. The highest BCUT2D eigenvalue weighted by molar-refractivity contribution is 7.85. The number of para-hydroxylation sites is 1. The van der Waals surface area contributed by atoms with Crippen LogP contribution in [0, 0.1) is 6.92 Å². The van der Waals surface area contributed by atoms with Crippen LogP contribution in [0.25, 0.3) is 5.69 Å². The Bertz CT molecular complexity index is 982. The highest BCUT2D eigenvalue weighted by Gasteiger charge is 2.16. The predicted molar refractivity (Wildman–Crippen MR) is 87.2 cm³/mol. The number of hydrogen-bond acceptors (Lipinski definition) is 6. The monoisotopic (exact) mass is 344 g/mol. The van der Waals surface area contributed by atoms with E-state index in [1.807, 2.05) is 6.07 Å². The molecule has 8 heteroatoms. The van der Waals surface area contributed by atoms with E-state index in [0.29, 0.717) is 11.4 Å². The molecular weight excluding hydrogens is 330 g/mol. The zero-order valence-electron chi connectivity index (χ0n) is 12.7. The first-order valence-corrected chi connectivity index (χ1v) is 8.41. The lowest BCUT2D eigenvalue weighted by Crippen LogP contribution is -2.09. The number of rotatable bonds is 4. The third-order valence-corrected chi connectivity index (χ3v) is 4.13. The summed E-state index contributed by atoms with van der Waals surface area (Å²) in [6.07, 6.45) is 0. The maximum absolute atomic E-state index is 11.7. The van der Waals surface area contributed by atoms with E-state index in [-0.39, 0.29) is 17.3 Å². The second-order valence-electron chi connectivity index (χ2n) is 5.12. The quantitative estimate of drug-likeness (QED) is 0.728. The molecule has 0 atom stereocenters. The van der Waals surface area contributed by atoms with Crippen LogP contribution >= 0.6 is 0 Å². The fraction of sp³-hybridized carbons (Fsp3) is 0.0625. The van der Waals surface area contributed by atoms with Crippen molar-refractivity contribution in [1.82, 2.24) is 9.78 Å². The normalized spacial score (nSPS) is 11.4. The summed E-state index contributed by atoms with van der Waals surface area (Å²) in [6, 6.07) is 14.6. The van der Waals surface area contributed by atoms with Crippen molar-refractivity contribution in [3.63, 3.8) is 0 Å². The van der Waals surface area contributed by atoms with Gasteiger partial charge in [0.1, 0.15) is 27.4 Å². The van der Waals surface area contributed by atoms with Gasteiger partial charge in [-0.1, -0.05) is 18.2 Å². The highest BCUT2D eigenvalue weighted by atomic mass is 32.2. The molecule has 3 rings (SSSR count). The van der Waals surface area contributed by atoms with Crippen molar-refractivity contribution in [2.75, 3.05) is 5.73 Å². The summed E-state index contributed by atoms with van der Waals surface area (Å²) in [4.78, 5) is -0.453. The SMILES string of the molecule is Cc1cc(N)n(-c2ccc(Oc3ccccc3)cc2S(=O)(=O)[O-])n1. The molecule has 24 heavy (non-hydrogen) atoms. The molecule has 0 saturated carbocycles. The zero-order valence-corrected chi connectivity index (χ0v) is 13.5. The van der Waals surface area contributed by atoms with Gasteiger partial charge in [0.2, 0.25) is 0 Å². The van der Waals surface area contributed by atoms with Crippen molar-refractivity contribution in [2.24, 2.45) is 0 Å². The van der Waals surface area contributed by atoms with E-state index in [4.69, 9.17) is 10.5 Å². The van der Waals surface area contributed by atoms with Crippen LogP contribution < -0.4 is 10.5 Å². The van der Waals surface area contributed by atoms with Crippen LogP contribution in [-0.2, 0) is 10.1 Å². The van der Waals surface area contributed by atoms with E-state index >= 15 is 0 Å². The van der Waals surface area contributed by atoms with Crippen molar-refractivity contribution < 1.29 is 17.7 Å². The van der Waals surface area contributed by atoms with Gasteiger partial charge in [-0.2, -0.15) is 5.10 Å². The molecular formula is C16H14N3O4S-. The molecule has 124 valence electrons. The number of benzene rings is 2. The van der Waals surface area contributed by atoms with Crippen LogP contribution in [0.1, 0.15) is 5.69 Å². The number of nitrogens with two attached hydrogens (primary N) is 1. The number of aromatic nitrogens is 2. The van der Waals surface area contributed by atoms with Crippen LogP contribution in [-0.4, -0.2) is 22.8 Å². The molecule has 7 nitrogen and oxygen atoms in total. The Balaban J connectivity index is 2.10. The number of nitrogen functional groups attached to an aromatic ring is 1. The van der Waals surface area contributed by atoms with Gasteiger partial charge in [0.05, 0.1) is 16.3 Å². The second kappa shape index (κ2) is 5.99. The molecule has 0 fully saturated rings. The molecule has 0 aliphatic rings. The molecule has 1 aromatic heterocycles. The molecule has 0 bridgehead atoms. The Morgan fingerprint density at radius 1 is 1.08 bits per heavy atom. The molecule has 0 aliphatic heterocycles. The summed E-state index contributed by atoms with van der Waals surface area (Å²) in [7, 11) is -4.75. The van der Waals surface area contributed by atoms with Gasteiger partial charge in [-0.3, -0.25) is 0 Å². The maximum atomic E-state index is 11.7. The molecule has 2 N–H and O–H groups in total. The van der Waals surface area contributed by atoms with Gasteiger partial charge in [0.15, 0.2) is 0 Å². The number of anilines is 1. The fourth-order valence-corrected chi connectivity index (χ4v) is 2.94. The summed E-state index contributed by atoms with van der Waals surface area (Å²) < 4.78 is 41.8. The van der Waals surface area contributed by atoms with Crippen LogP contribution in [0.4, 0.5) is 5.82 Å². The van der Waals surface area contributed by atoms with Crippen molar-refractivity contribution in [3.05, 3.63) is 60.3 Å². The van der Waals surface area contributed by atoms with E-state index in [1.54, 1.807) is 43.3 Å². The van der Waals surface area contributed by atoms with E-state index in [0.717, 1.165) is 0 Å². The van der Waals surface area contributed by atoms with Gasteiger partial charge >= 0.3 is 0 Å². The smallest absolute Gasteiger partial charge is 0.128 e. The van der Waals surface area contributed by atoms with E-state index in [2.05, 4.69) is 5.10 Å². The average Bonchev–Trinajstić information content (AvgIpc) is 2.86. The Morgan fingerprint density at radius 2 is 1.79 bits per heavy atom. The first-order chi connectivity index (χ1) is 11.3. The van der Waals surface area contributed by atoms with Gasteiger partial charge in [-0.15, -0.1) is 0 Å². The minimum atomic E-state index is -4.75. The lowest BCUT2D eigenvalue weighted by Gasteiger charge is -2.16. The minimum absolute atomic E-state index is 0.0796. The maximum Gasteiger partial charge on any atom is 0.128 e. The van der Waals surface area contributed by atoms with Crippen molar-refractivity contribution in [2.45, 2.75) is 11.8 Å². The summed E-state index contributed by atoms with van der Waals surface area (Å²) in [5.41, 5.74) is 6.50. The highest BCUT2D eigenvalue weighted by Crippen LogP contribution is 2.29. The van der Waals surface area contributed by atoms with Crippen LogP contribution in [0.2, 0.25) is 0 Å². The van der Waals surface area contributed by atoms with Crippen molar-refractivity contribution in [1.29, 1.82) is 0 Å². The molecule has 2 aromatic carbocycles. The Kier molecular flexibility index (Phi) is 4.00. The van der Waals surface area contributed by atoms with E-state index in [1.165, 1.54) is 16.8 Å². The topological polar surface area (TPSA) is 110 Å². The third-order valence-electron chi connectivity index (χ3n) is 3.27. The molecule has 0 aliphatic carbocycles. The van der Waals surface area contributed by atoms with Crippen LogP contribution in [0.5, 0.6) is 11.5 Å². The average molecular weight is 344 g/mol. The summed E-state index contributed by atoms with van der Waals surface area (Å²) in [6.45, 7) is 1.71. The summed E-state index contributed by atoms with van der Waals surface area (Å²) in [5, 5.41) is 4.12. The van der Waals surface area contributed by atoms with Gasteiger partial charge in [0.25, 0.3) is 0 Å². The number of nitrogens with zero attached hydrogens (tertiary/aromatic N) is 2.